The predicted octanol–water partition coefficient (Wildman–Crippen LogP) is 2.70. The van der Waals surface area contributed by atoms with Gasteiger partial charge in [0.1, 0.15) is 0 Å². The van der Waals surface area contributed by atoms with E-state index >= 15 is 0 Å². The lowest BCUT2D eigenvalue weighted by atomic mass is 10.2. The van der Waals surface area contributed by atoms with Crippen LogP contribution in [0.5, 0.6) is 0 Å². The number of aliphatic hydroxyl groups is 2. The molecule has 3 heteroatoms. The van der Waals surface area contributed by atoms with Gasteiger partial charge in [0, 0.05) is 0 Å². The first kappa shape index (κ1) is 17.3. The van der Waals surface area contributed by atoms with Gasteiger partial charge in [-0.15, -0.1) is 0 Å². The maximum Gasteiger partial charge on any atom is 0.156 e. The molecule has 0 aromatic rings. The maximum atomic E-state index is 8.08. The number of ether oxygens (including phenoxy) is 1. The van der Waals surface area contributed by atoms with E-state index in [0.717, 1.165) is 0 Å². The lowest BCUT2D eigenvalue weighted by Gasteiger charge is -2.05. The topological polar surface area (TPSA) is 49.7 Å². The molecule has 94 valence electrons. The van der Waals surface area contributed by atoms with Crippen molar-refractivity contribution in [2.24, 2.45) is 0 Å². The van der Waals surface area contributed by atoms with Crippen LogP contribution in [0.15, 0.2) is 0 Å². The van der Waals surface area contributed by atoms with E-state index in [0.29, 0.717) is 12.2 Å². The fourth-order valence-electron chi connectivity index (χ4n) is 1.19. The summed E-state index contributed by atoms with van der Waals surface area (Å²) >= 11 is 0. The molecule has 3 nitrogen and oxygen atoms in total. The summed E-state index contributed by atoms with van der Waals surface area (Å²) < 4.78 is 5.51. The summed E-state index contributed by atoms with van der Waals surface area (Å²) in [5.74, 6) is -1.50. The highest BCUT2D eigenvalue weighted by molar-refractivity contribution is 4.68. The van der Waals surface area contributed by atoms with Crippen LogP contribution in [0.2, 0.25) is 0 Å². The SMILES string of the molecule is CC.CC(C)(O)O.CCC1CCC(C)O1. The van der Waals surface area contributed by atoms with Crippen LogP contribution in [0.3, 0.4) is 0 Å². The lowest BCUT2D eigenvalue weighted by molar-refractivity contribution is -0.127. The summed E-state index contributed by atoms with van der Waals surface area (Å²) in [6.07, 6.45) is 4.82. The molecule has 15 heavy (non-hydrogen) atoms. The van der Waals surface area contributed by atoms with Gasteiger partial charge in [0.15, 0.2) is 5.79 Å². The molecule has 0 amide bonds. The second kappa shape index (κ2) is 9.13. The Balaban J connectivity index is 0. The standard InChI is InChI=1S/C7H14O.C3H8O2.C2H6/c1-3-7-5-4-6(2)8-7;1-3(2,4)5;1-2/h6-7H,3-5H2,1-2H3;4-5H,1-2H3;1-2H3. The Bertz CT molecular complexity index is 123. The van der Waals surface area contributed by atoms with E-state index in [4.69, 9.17) is 14.9 Å². The van der Waals surface area contributed by atoms with Crippen molar-refractivity contribution < 1.29 is 14.9 Å². The fraction of sp³-hybridized carbons (Fsp3) is 1.00. The molecule has 0 radical (unpaired) electrons. The second-order valence-electron chi connectivity index (χ2n) is 4.05. The van der Waals surface area contributed by atoms with Crippen LogP contribution in [0, 0.1) is 0 Å². The van der Waals surface area contributed by atoms with Gasteiger partial charge in [-0.1, -0.05) is 20.8 Å². The van der Waals surface area contributed by atoms with Crippen LogP contribution < -0.4 is 0 Å². The van der Waals surface area contributed by atoms with Gasteiger partial charge in [-0.25, -0.2) is 0 Å². The van der Waals surface area contributed by atoms with Crippen molar-refractivity contribution in [1.82, 2.24) is 0 Å². The van der Waals surface area contributed by atoms with Crippen molar-refractivity contribution in [2.45, 2.75) is 78.8 Å². The Kier molecular flexibility index (Phi) is 10.5. The Morgan fingerprint density at radius 3 is 1.73 bits per heavy atom. The van der Waals surface area contributed by atoms with E-state index in [1.165, 1.54) is 33.1 Å². The number of rotatable bonds is 1. The highest BCUT2D eigenvalue weighted by Crippen LogP contribution is 2.20. The van der Waals surface area contributed by atoms with Crippen molar-refractivity contribution >= 4 is 0 Å². The summed E-state index contributed by atoms with van der Waals surface area (Å²) in [6, 6.07) is 0. The molecule has 1 aliphatic rings. The first-order valence-electron chi connectivity index (χ1n) is 5.93. The molecule has 1 aliphatic heterocycles. The van der Waals surface area contributed by atoms with E-state index in [2.05, 4.69) is 13.8 Å². The summed E-state index contributed by atoms with van der Waals surface area (Å²) in [5, 5.41) is 16.2. The summed E-state index contributed by atoms with van der Waals surface area (Å²) in [5.41, 5.74) is 0. The third-order valence-electron chi connectivity index (χ3n) is 1.78. The Morgan fingerprint density at radius 2 is 1.60 bits per heavy atom. The van der Waals surface area contributed by atoms with Gasteiger partial charge < -0.3 is 14.9 Å². The van der Waals surface area contributed by atoms with Crippen molar-refractivity contribution in [2.75, 3.05) is 0 Å². The van der Waals surface area contributed by atoms with E-state index in [9.17, 15) is 0 Å². The molecule has 0 saturated carbocycles. The molecule has 1 heterocycles. The summed E-state index contributed by atoms with van der Waals surface area (Å²) in [6.45, 7) is 10.9. The summed E-state index contributed by atoms with van der Waals surface area (Å²) in [4.78, 5) is 0. The molecular weight excluding hydrogens is 192 g/mol. The summed E-state index contributed by atoms with van der Waals surface area (Å²) in [7, 11) is 0. The zero-order valence-electron chi connectivity index (χ0n) is 11.1. The molecule has 1 saturated heterocycles. The highest BCUT2D eigenvalue weighted by Gasteiger charge is 2.18. The van der Waals surface area contributed by atoms with Crippen molar-refractivity contribution in [3.63, 3.8) is 0 Å². The minimum Gasteiger partial charge on any atom is -0.375 e. The fourth-order valence-corrected chi connectivity index (χ4v) is 1.19. The Labute approximate surface area is 94.5 Å². The zero-order chi connectivity index (χ0) is 12.5. The van der Waals surface area contributed by atoms with Crippen LogP contribution in [0.25, 0.3) is 0 Å². The van der Waals surface area contributed by atoms with Gasteiger partial charge in [0.25, 0.3) is 0 Å². The molecule has 1 fully saturated rings. The van der Waals surface area contributed by atoms with Crippen LogP contribution >= 0.6 is 0 Å². The van der Waals surface area contributed by atoms with Gasteiger partial charge in [-0.2, -0.15) is 0 Å². The van der Waals surface area contributed by atoms with Crippen LogP contribution in [-0.2, 0) is 4.74 Å². The third-order valence-corrected chi connectivity index (χ3v) is 1.78. The molecule has 2 atom stereocenters. The van der Waals surface area contributed by atoms with Crippen molar-refractivity contribution in [3.05, 3.63) is 0 Å². The van der Waals surface area contributed by atoms with Crippen LogP contribution in [0.4, 0.5) is 0 Å². The zero-order valence-corrected chi connectivity index (χ0v) is 11.1. The number of hydrogen-bond acceptors (Lipinski definition) is 3. The predicted molar refractivity (Wildman–Crippen MR) is 63.7 cm³/mol. The monoisotopic (exact) mass is 220 g/mol. The normalized spacial score (nSPS) is 24.8. The number of hydrogen-bond donors (Lipinski definition) is 2. The molecule has 0 aromatic heterocycles. The first-order valence-corrected chi connectivity index (χ1v) is 5.93. The smallest absolute Gasteiger partial charge is 0.156 e. The van der Waals surface area contributed by atoms with E-state index in [-0.39, 0.29) is 0 Å². The van der Waals surface area contributed by atoms with Crippen molar-refractivity contribution in [3.8, 4) is 0 Å². The molecule has 0 aromatic carbocycles. The highest BCUT2D eigenvalue weighted by atomic mass is 16.5. The van der Waals surface area contributed by atoms with Crippen LogP contribution in [-0.4, -0.2) is 28.2 Å². The maximum absolute atomic E-state index is 8.08. The molecule has 1 rings (SSSR count). The van der Waals surface area contributed by atoms with Gasteiger partial charge in [0.05, 0.1) is 12.2 Å². The Morgan fingerprint density at radius 1 is 1.20 bits per heavy atom. The minimum atomic E-state index is -1.50. The lowest BCUT2D eigenvalue weighted by Crippen LogP contribution is -2.15. The quantitative estimate of drug-likeness (QED) is 0.668. The Hall–Kier alpha value is -0.120. The molecule has 2 N–H and O–H groups in total. The van der Waals surface area contributed by atoms with E-state index < -0.39 is 5.79 Å². The van der Waals surface area contributed by atoms with Gasteiger partial charge in [-0.3, -0.25) is 0 Å². The molecular formula is C12H28O3. The third kappa shape index (κ3) is 16.5. The average Bonchev–Trinajstić information content (AvgIpc) is 2.52. The molecule has 0 spiro atoms. The molecule has 0 aliphatic carbocycles. The van der Waals surface area contributed by atoms with Crippen LogP contribution in [0.1, 0.15) is 60.8 Å². The van der Waals surface area contributed by atoms with Crippen molar-refractivity contribution in [1.29, 1.82) is 0 Å². The first-order chi connectivity index (χ1) is 6.83. The minimum absolute atomic E-state index is 0.528. The van der Waals surface area contributed by atoms with E-state index in [1.54, 1.807) is 0 Å². The molecule has 0 bridgehead atoms. The average molecular weight is 220 g/mol. The second-order valence-corrected chi connectivity index (χ2v) is 4.05. The van der Waals surface area contributed by atoms with Gasteiger partial charge in [-0.05, 0) is 40.0 Å². The van der Waals surface area contributed by atoms with Gasteiger partial charge >= 0.3 is 0 Å². The largest absolute Gasteiger partial charge is 0.375 e. The van der Waals surface area contributed by atoms with Gasteiger partial charge in [0.2, 0.25) is 0 Å². The molecule has 2 unspecified atom stereocenters. The van der Waals surface area contributed by atoms with E-state index in [1.807, 2.05) is 13.8 Å².